The number of allylic oxidation sites excluding steroid dienone is 1. The van der Waals surface area contributed by atoms with Gasteiger partial charge >= 0.3 is 6.18 Å². The van der Waals surface area contributed by atoms with Crippen LogP contribution in [0, 0.1) is 11.8 Å². The lowest BCUT2D eigenvalue weighted by atomic mass is 9.93. The molecule has 2 nitrogen and oxygen atoms in total. The highest BCUT2D eigenvalue weighted by molar-refractivity contribution is 6.51. The van der Waals surface area contributed by atoms with E-state index in [4.69, 9.17) is 32.7 Å². The standard InChI is InChI=1S/C11H11Cl2F3O2/c1-9(2)17-7-5(11(14,15)16)3-4-6(8(7)18-9)10(4,12)13/h3-4,6-8H,1-2H3/t4-,6-,7-,8+/m1/s1. The Bertz CT molecular complexity index is 430. The van der Waals surface area contributed by atoms with Gasteiger partial charge in [0.15, 0.2) is 5.79 Å². The molecule has 0 bridgehead atoms. The van der Waals surface area contributed by atoms with Crippen molar-refractivity contribution in [2.75, 3.05) is 0 Å². The van der Waals surface area contributed by atoms with E-state index in [1.165, 1.54) is 0 Å². The molecule has 1 saturated heterocycles. The lowest BCUT2D eigenvalue weighted by molar-refractivity contribution is -0.152. The maximum absolute atomic E-state index is 13.0. The fourth-order valence-corrected chi connectivity index (χ4v) is 3.64. The highest BCUT2D eigenvalue weighted by Crippen LogP contribution is 2.67. The molecular weight excluding hydrogens is 292 g/mol. The van der Waals surface area contributed by atoms with Gasteiger partial charge in [-0.15, -0.1) is 23.2 Å². The molecule has 0 spiro atoms. The SMILES string of the molecule is CC1(C)O[C@H]2[C@H]3[C@@H](C=C(C(F)(F)F)[C@H]2O1)C3(Cl)Cl. The number of hydrogen-bond acceptors (Lipinski definition) is 2. The predicted molar refractivity (Wildman–Crippen MR) is 59.4 cm³/mol. The van der Waals surface area contributed by atoms with Gasteiger partial charge in [-0.1, -0.05) is 6.08 Å². The summed E-state index contributed by atoms with van der Waals surface area (Å²) in [6.07, 6.45) is -5.23. The summed E-state index contributed by atoms with van der Waals surface area (Å²) in [6.45, 7) is 3.17. The van der Waals surface area contributed by atoms with Crippen LogP contribution in [-0.4, -0.2) is 28.5 Å². The van der Waals surface area contributed by atoms with Crippen molar-refractivity contribution < 1.29 is 22.6 Å². The first-order valence-corrected chi connectivity index (χ1v) is 6.32. The van der Waals surface area contributed by atoms with E-state index in [-0.39, 0.29) is 5.92 Å². The number of fused-ring (bicyclic) bond motifs is 3. The fourth-order valence-electron chi connectivity index (χ4n) is 2.85. The van der Waals surface area contributed by atoms with Gasteiger partial charge in [0, 0.05) is 11.8 Å². The summed E-state index contributed by atoms with van der Waals surface area (Å²) in [5, 5.41) is 0. The Balaban J connectivity index is 2.01. The minimum atomic E-state index is -4.45. The van der Waals surface area contributed by atoms with Gasteiger partial charge in [-0.05, 0) is 13.8 Å². The van der Waals surface area contributed by atoms with E-state index < -0.39 is 40.0 Å². The molecule has 1 heterocycles. The third kappa shape index (κ3) is 1.71. The Morgan fingerprint density at radius 3 is 2.39 bits per heavy atom. The molecule has 1 saturated carbocycles. The van der Waals surface area contributed by atoms with Gasteiger partial charge in [-0.3, -0.25) is 0 Å². The van der Waals surface area contributed by atoms with Crippen molar-refractivity contribution in [3.8, 4) is 0 Å². The number of alkyl halides is 5. The average Bonchev–Trinajstić information content (AvgIpc) is 2.56. The summed E-state index contributed by atoms with van der Waals surface area (Å²) in [4.78, 5) is 0. The molecule has 1 aliphatic heterocycles. The zero-order valence-electron chi connectivity index (χ0n) is 9.59. The summed E-state index contributed by atoms with van der Waals surface area (Å²) >= 11 is 12.0. The zero-order valence-corrected chi connectivity index (χ0v) is 11.1. The largest absolute Gasteiger partial charge is 0.414 e. The van der Waals surface area contributed by atoms with Gasteiger partial charge in [-0.2, -0.15) is 13.2 Å². The van der Waals surface area contributed by atoms with Crippen LogP contribution in [0.4, 0.5) is 13.2 Å². The smallest absolute Gasteiger partial charge is 0.344 e. The van der Waals surface area contributed by atoms with Crippen molar-refractivity contribution in [3.05, 3.63) is 11.6 Å². The van der Waals surface area contributed by atoms with Gasteiger partial charge in [0.25, 0.3) is 0 Å². The molecule has 4 atom stereocenters. The number of hydrogen-bond donors (Lipinski definition) is 0. The van der Waals surface area contributed by atoms with Crippen molar-refractivity contribution in [3.63, 3.8) is 0 Å². The molecule has 0 aromatic carbocycles. The second-order valence-electron chi connectivity index (χ2n) is 5.37. The molecular formula is C11H11Cl2F3O2. The quantitative estimate of drug-likeness (QED) is 0.504. The van der Waals surface area contributed by atoms with Gasteiger partial charge in [-0.25, -0.2) is 0 Å². The molecule has 3 rings (SSSR count). The van der Waals surface area contributed by atoms with Crippen LogP contribution in [0.1, 0.15) is 13.8 Å². The van der Waals surface area contributed by atoms with E-state index >= 15 is 0 Å². The van der Waals surface area contributed by atoms with E-state index in [1.807, 2.05) is 0 Å². The van der Waals surface area contributed by atoms with E-state index in [2.05, 4.69) is 0 Å². The highest BCUT2D eigenvalue weighted by Gasteiger charge is 2.73. The second-order valence-corrected chi connectivity index (χ2v) is 6.81. The minimum absolute atomic E-state index is 0.335. The molecule has 0 radical (unpaired) electrons. The Morgan fingerprint density at radius 2 is 1.83 bits per heavy atom. The molecule has 0 aromatic rings. The van der Waals surface area contributed by atoms with Gasteiger partial charge < -0.3 is 9.47 Å². The van der Waals surface area contributed by atoms with Crippen LogP contribution < -0.4 is 0 Å². The first kappa shape index (κ1) is 13.0. The second kappa shape index (κ2) is 3.37. The molecule has 18 heavy (non-hydrogen) atoms. The molecule has 2 fully saturated rings. The predicted octanol–water partition coefficient (Wildman–Crippen LogP) is 3.43. The van der Waals surface area contributed by atoms with Crippen LogP contribution in [0.5, 0.6) is 0 Å². The van der Waals surface area contributed by atoms with E-state index in [1.54, 1.807) is 13.8 Å². The first-order chi connectivity index (χ1) is 8.04. The third-order valence-electron chi connectivity index (χ3n) is 3.64. The van der Waals surface area contributed by atoms with Crippen LogP contribution in [-0.2, 0) is 9.47 Å². The highest BCUT2D eigenvalue weighted by atomic mass is 35.5. The molecule has 2 aliphatic carbocycles. The lowest BCUT2D eigenvalue weighted by Gasteiger charge is -2.24. The number of rotatable bonds is 0. The van der Waals surface area contributed by atoms with Crippen molar-refractivity contribution in [1.82, 2.24) is 0 Å². The summed E-state index contributed by atoms with van der Waals surface area (Å²) in [5.41, 5.74) is -0.734. The van der Waals surface area contributed by atoms with Crippen LogP contribution in [0.2, 0.25) is 0 Å². The van der Waals surface area contributed by atoms with Crippen molar-refractivity contribution in [1.29, 1.82) is 0 Å². The molecule has 7 heteroatoms. The molecule has 0 unspecified atom stereocenters. The van der Waals surface area contributed by atoms with Gasteiger partial charge in [0.2, 0.25) is 0 Å². The monoisotopic (exact) mass is 302 g/mol. The lowest BCUT2D eigenvalue weighted by Crippen LogP contribution is -2.36. The fraction of sp³-hybridized carbons (Fsp3) is 0.818. The summed E-state index contributed by atoms with van der Waals surface area (Å²) in [6, 6.07) is 0. The van der Waals surface area contributed by atoms with Crippen LogP contribution in [0.25, 0.3) is 0 Å². The van der Waals surface area contributed by atoms with E-state index in [0.717, 1.165) is 6.08 Å². The third-order valence-corrected chi connectivity index (χ3v) is 4.65. The van der Waals surface area contributed by atoms with Crippen molar-refractivity contribution in [2.24, 2.45) is 11.8 Å². The maximum atomic E-state index is 13.0. The summed E-state index contributed by atoms with van der Waals surface area (Å²) in [5.74, 6) is -1.91. The van der Waals surface area contributed by atoms with E-state index in [0.29, 0.717) is 0 Å². The minimum Gasteiger partial charge on any atom is -0.344 e. The molecule has 102 valence electrons. The van der Waals surface area contributed by atoms with Crippen LogP contribution in [0.15, 0.2) is 11.6 Å². The molecule has 0 amide bonds. The Kier molecular flexibility index (Phi) is 2.44. The summed E-state index contributed by atoms with van der Waals surface area (Å²) < 4.78 is 48.7. The molecule has 0 aromatic heterocycles. The van der Waals surface area contributed by atoms with Crippen molar-refractivity contribution >= 4 is 23.2 Å². The maximum Gasteiger partial charge on any atom is 0.414 e. The zero-order chi connectivity index (χ0) is 13.5. The topological polar surface area (TPSA) is 18.5 Å². The average molecular weight is 303 g/mol. The first-order valence-electron chi connectivity index (χ1n) is 5.56. The number of ether oxygens (including phenoxy) is 2. The van der Waals surface area contributed by atoms with Crippen molar-refractivity contribution in [2.45, 2.75) is 42.4 Å². The Labute approximate surface area is 112 Å². The number of halogens is 5. The summed E-state index contributed by atoms with van der Waals surface area (Å²) in [7, 11) is 0. The van der Waals surface area contributed by atoms with Gasteiger partial charge in [0.1, 0.15) is 10.4 Å². The normalized spacial score (nSPS) is 44.1. The Morgan fingerprint density at radius 1 is 1.22 bits per heavy atom. The van der Waals surface area contributed by atoms with Gasteiger partial charge in [0.05, 0.1) is 11.7 Å². The Hall–Kier alpha value is 0.0300. The van der Waals surface area contributed by atoms with Crippen LogP contribution in [0.3, 0.4) is 0 Å². The van der Waals surface area contributed by atoms with E-state index in [9.17, 15) is 13.2 Å². The molecule has 0 N–H and O–H groups in total. The van der Waals surface area contributed by atoms with Crippen LogP contribution >= 0.6 is 23.2 Å². The molecule has 3 aliphatic rings.